The Labute approximate surface area is 421 Å². The van der Waals surface area contributed by atoms with E-state index in [-0.39, 0.29) is 12.0 Å². The lowest BCUT2D eigenvalue weighted by Gasteiger charge is -2.29. The molecule has 0 fully saturated rings. The van der Waals surface area contributed by atoms with E-state index >= 15 is 0 Å². The molecule has 0 saturated carbocycles. The molecular formula is C51H96O19. The predicted molar refractivity (Wildman–Crippen MR) is 265 cm³/mol. The highest BCUT2D eigenvalue weighted by Gasteiger charge is 2.23. The van der Waals surface area contributed by atoms with Gasteiger partial charge in [-0.3, -0.25) is 0 Å². The Morgan fingerprint density at radius 1 is 0.314 bits per heavy atom. The van der Waals surface area contributed by atoms with Gasteiger partial charge in [-0.1, -0.05) is 52.2 Å². The number of aliphatic hydroxyl groups is 1. The second-order valence-corrected chi connectivity index (χ2v) is 15.9. The summed E-state index contributed by atoms with van der Waals surface area (Å²) < 4.78 is 99.1. The zero-order chi connectivity index (χ0) is 50.2. The van der Waals surface area contributed by atoms with Crippen molar-refractivity contribution in [2.75, 3.05) is 238 Å². The minimum absolute atomic E-state index is 0.0204. The van der Waals surface area contributed by atoms with Crippen LogP contribution in [0, 0.1) is 0 Å². The van der Waals surface area contributed by atoms with E-state index in [4.69, 9.17) is 90.4 Å². The summed E-state index contributed by atoms with van der Waals surface area (Å²) in [5.41, 5.74) is 1.61. The second-order valence-electron chi connectivity index (χ2n) is 15.9. The fraction of sp³-hybridized carbons (Fsp3) is 0.882. The topological polar surface area (TPSA) is 186 Å². The monoisotopic (exact) mass is 1010 g/mol. The Bertz CT molecular complexity index is 1140. The van der Waals surface area contributed by atoms with E-state index in [1.807, 2.05) is 0 Å². The third-order valence-electron chi connectivity index (χ3n) is 10.3. The molecule has 0 aliphatic rings. The molecule has 0 saturated heterocycles. The quantitative estimate of drug-likeness (QED) is 0.0893. The summed E-state index contributed by atoms with van der Waals surface area (Å²) >= 11 is 0. The summed E-state index contributed by atoms with van der Waals surface area (Å²) in [6.45, 7) is 24.2. The molecule has 1 unspecified atom stereocenters. The highest BCUT2D eigenvalue weighted by Crippen LogP contribution is 2.34. The maximum absolute atomic E-state index is 8.61. The molecule has 1 N–H and O–H groups in total. The van der Waals surface area contributed by atoms with Crippen LogP contribution in [-0.4, -0.2) is 243 Å². The Balaban J connectivity index is 1.66. The van der Waals surface area contributed by atoms with E-state index in [1.165, 1.54) is 31.2 Å². The van der Waals surface area contributed by atoms with Crippen molar-refractivity contribution in [3.63, 3.8) is 0 Å². The molecule has 0 spiro atoms. The van der Waals surface area contributed by atoms with E-state index in [1.54, 1.807) is 0 Å². The molecule has 1 atom stereocenters. The van der Waals surface area contributed by atoms with Crippen molar-refractivity contribution in [2.24, 2.45) is 0 Å². The van der Waals surface area contributed by atoms with Crippen LogP contribution < -0.4 is 4.74 Å². The van der Waals surface area contributed by atoms with Gasteiger partial charge in [-0.05, 0) is 36.0 Å². The van der Waals surface area contributed by atoms with E-state index in [2.05, 4.69) is 45.0 Å². The molecule has 1 rings (SSSR count). The number of aliphatic hydroxyl groups excluding tert-OH is 1. The van der Waals surface area contributed by atoms with E-state index in [0.717, 1.165) is 12.2 Å². The van der Waals surface area contributed by atoms with Crippen LogP contribution in [0.5, 0.6) is 5.75 Å². The number of hydrogen-bond acceptors (Lipinski definition) is 19. The average Bonchev–Trinajstić information content (AvgIpc) is 3.38. The molecule has 19 nitrogen and oxygen atoms in total. The smallest absolute Gasteiger partial charge is 0.119 e. The normalized spacial score (nSPS) is 12.6. The van der Waals surface area contributed by atoms with E-state index < -0.39 is 0 Å². The molecule has 1 aromatic carbocycles. The molecular weight excluding hydrogens is 917 g/mol. The van der Waals surface area contributed by atoms with Crippen molar-refractivity contribution in [1.82, 2.24) is 0 Å². The van der Waals surface area contributed by atoms with E-state index in [0.29, 0.717) is 231 Å². The van der Waals surface area contributed by atoms with Crippen LogP contribution in [0.25, 0.3) is 0 Å². The van der Waals surface area contributed by atoms with Crippen LogP contribution >= 0.6 is 0 Å². The van der Waals surface area contributed by atoms with E-state index in [9.17, 15) is 0 Å². The maximum Gasteiger partial charge on any atom is 0.119 e. The van der Waals surface area contributed by atoms with Gasteiger partial charge in [0.2, 0.25) is 0 Å². The minimum atomic E-state index is 0.0204. The molecule has 414 valence electrons. The van der Waals surface area contributed by atoms with Crippen LogP contribution in [0.4, 0.5) is 0 Å². The van der Waals surface area contributed by atoms with Crippen molar-refractivity contribution in [3.8, 4) is 5.75 Å². The van der Waals surface area contributed by atoms with Crippen LogP contribution in [0.1, 0.15) is 58.4 Å². The van der Waals surface area contributed by atoms with Gasteiger partial charge in [0.25, 0.3) is 0 Å². The van der Waals surface area contributed by atoms with Crippen molar-refractivity contribution < 1.29 is 90.4 Å². The molecule has 19 heteroatoms. The number of rotatable bonds is 60. The van der Waals surface area contributed by atoms with Crippen LogP contribution in [0.2, 0.25) is 0 Å². The summed E-state index contributed by atoms with van der Waals surface area (Å²) in [7, 11) is 0. The maximum atomic E-state index is 8.61. The first kappa shape index (κ1) is 66.3. The molecule has 1 aromatic rings. The van der Waals surface area contributed by atoms with Crippen molar-refractivity contribution in [3.05, 3.63) is 29.8 Å². The first-order valence-corrected chi connectivity index (χ1v) is 25.8. The minimum Gasteiger partial charge on any atom is -0.491 e. The zero-order valence-electron chi connectivity index (χ0n) is 43.6. The lowest BCUT2D eigenvalue weighted by atomic mass is 9.76. The number of benzene rings is 1. The van der Waals surface area contributed by atoms with Crippen molar-refractivity contribution in [2.45, 2.75) is 58.3 Å². The van der Waals surface area contributed by atoms with Crippen LogP contribution in [-0.2, 0) is 85.9 Å². The van der Waals surface area contributed by atoms with Gasteiger partial charge in [-0.25, -0.2) is 0 Å². The SMILES string of the molecule is CCCCCC(C)(CC)c1ccc(OCCOCCOCCOCCOCCOCCOCCOCCOCCOCCOCCOCCOCCOCCOCCOCCOCCOCCO)cc1. The molecule has 0 radical (unpaired) electrons. The van der Waals surface area contributed by atoms with Gasteiger partial charge in [-0.15, -0.1) is 0 Å². The van der Waals surface area contributed by atoms with Crippen LogP contribution in [0.15, 0.2) is 24.3 Å². The van der Waals surface area contributed by atoms with Gasteiger partial charge in [0.05, 0.1) is 231 Å². The number of ether oxygens (including phenoxy) is 18. The predicted octanol–water partition coefficient (Wildman–Crippen LogP) is 4.59. The third-order valence-corrected chi connectivity index (χ3v) is 10.3. The summed E-state index contributed by atoms with van der Waals surface area (Å²) in [6, 6.07) is 8.57. The summed E-state index contributed by atoms with van der Waals surface area (Å²) in [5, 5.41) is 8.61. The molecule has 0 amide bonds. The summed E-state index contributed by atoms with van der Waals surface area (Å²) in [4.78, 5) is 0. The van der Waals surface area contributed by atoms with Gasteiger partial charge >= 0.3 is 0 Å². The van der Waals surface area contributed by atoms with Crippen molar-refractivity contribution >= 4 is 0 Å². The highest BCUT2D eigenvalue weighted by atomic mass is 16.6. The lowest BCUT2D eigenvalue weighted by molar-refractivity contribution is -0.0309. The first-order valence-electron chi connectivity index (χ1n) is 25.8. The highest BCUT2D eigenvalue weighted by molar-refractivity contribution is 5.32. The molecule has 0 heterocycles. The molecule has 0 aromatic heterocycles. The average molecular weight is 1010 g/mol. The Kier molecular flexibility index (Phi) is 52.2. The van der Waals surface area contributed by atoms with Gasteiger partial charge in [0.1, 0.15) is 12.4 Å². The summed E-state index contributed by atoms with van der Waals surface area (Å²) in [5.74, 6) is 0.875. The van der Waals surface area contributed by atoms with Gasteiger partial charge in [-0.2, -0.15) is 0 Å². The standard InChI is InChI=1S/C51H96O19/c1-4-6-7-12-51(3,5-2)49-8-10-50(11-9-49)70-48-47-69-46-45-68-44-43-67-42-41-66-40-39-65-38-37-64-36-35-63-34-33-62-32-31-61-30-29-60-28-27-59-26-25-58-24-23-57-22-21-56-20-19-55-18-17-54-16-15-53-14-13-52/h8-11,52H,4-7,12-48H2,1-3H3. The third kappa shape index (κ3) is 46.1. The molecule has 70 heavy (non-hydrogen) atoms. The number of hydrogen-bond donors (Lipinski definition) is 1. The van der Waals surface area contributed by atoms with Crippen LogP contribution in [0.3, 0.4) is 0 Å². The molecule has 0 bridgehead atoms. The van der Waals surface area contributed by atoms with Gasteiger partial charge < -0.3 is 90.4 Å². The zero-order valence-corrected chi connectivity index (χ0v) is 43.6. The largest absolute Gasteiger partial charge is 0.491 e. The van der Waals surface area contributed by atoms with Gasteiger partial charge in [0.15, 0.2) is 0 Å². The first-order chi connectivity index (χ1) is 34.7. The lowest BCUT2D eigenvalue weighted by Crippen LogP contribution is -2.20. The molecule has 0 aliphatic carbocycles. The Hall–Kier alpha value is -1.70. The van der Waals surface area contributed by atoms with Gasteiger partial charge in [0, 0.05) is 0 Å². The number of unbranched alkanes of at least 4 members (excludes halogenated alkanes) is 2. The second kappa shape index (κ2) is 55.1. The summed E-state index contributed by atoms with van der Waals surface area (Å²) in [6.07, 6.45) is 6.17. The Morgan fingerprint density at radius 2 is 0.543 bits per heavy atom. The Morgan fingerprint density at radius 3 is 0.757 bits per heavy atom. The van der Waals surface area contributed by atoms with Crippen molar-refractivity contribution in [1.29, 1.82) is 0 Å². The fourth-order valence-electron chi connectivity index (χ4n) is 6.15. The molecule has 0 aliphatic heterocycles. The fourth-order valence-corrected chi connectivity index (χ4v) is 6.15.